The van der Waals surface area contributed by atoms with E-state index in [1.54, 1.807) is 20.8 Å². The Morgan fingerprint density at radius 2 is 1.77 bits per heavy atom. The number of carbonyl (C=O) groups excluding carboxylic acids is 1. The predicted octanol–water partition coefficient (Wildman–Crippen LogP) is 3.44. The number of amides is 1. The van der Waals surface area contributed by atoms with Crippen LogP contribution in [0.5, 0.6) is 0 Å². The summed E-state index contributed by atoms with van der Waals surface area (Å²) in [6, 6.07) is 7.22. The van der Waals surface area contributed by atoms with Gasteiger partial charge in [-0.2, -0.15) is 13.2 Å². The Labute approximate surface area is 172 Å². The number of benzene rings is 1. The first-order valence-corrected chi connectivity index (χ1v) is 10.3. The molecule has 1 amide bonds. The molecule has 0 unspecified atom stereocenters. The molecule has 0 bridgehead atoms. The number of aryl methyl sites for hydroxylation is 1. The zero-order valence-corrected chi connectivity index (χ0v) is 17.6. The van der Waals surface area contributed by atoms with Crippen molar-refractivity contribution in [2.24, 2.45) is 0 Å². The van der Waals surface area contributed by atoms with Gasteiger partial charge in [-0.3, -0.25) is 4.79 Å². The monoisotopic (exact) mass is 448 g/mol. The SMILES string of the molecule is Cc1ccc([C@@](O)(CC(=O)Nc2cccc(S(=O)(=O)NC(C)(C)C)c2)C(F)(F)F)o1. The summed E-state index contributed by atoms with van der Waals surface area (Å²) in [5.74, 6) is -1.85. The Bertz CT molecular complexity index is 1030. The van der Waals surface area contributed by atoms with E-state index in [-0.39, 0.29) is 16.3 Å². The molecule has 7 nitrogen and oxygen atoms in total. The van der Waals surface area contributed by atoms with E-state index in [0.29, 0.717) is 0 Å². The zero-order chi connectivity index (χ0) is 23.0. The molecule has 11 heteroatoms. The summed E-state index contributed by atoms with van der Waals surface area (Å²) in [5.41, 5.74) is -4.34. The third kappa shape index (κ3) is 5.61. The number of rotatable bonds is 6. The quantitative estimate of drug-likeness (QED) is 0.627. The lowest BCUT2D eigenvalue weighted by Crippen LogP contribution is -2.44. The third-order valence-electron chi connectivity index (χ3n) is 3.90. The molecular formula is C19H23F3N2O5S. The van der Waals surface area contributed by atoms with Crippen LogP contribution in [-0.2, 0) is 20.4 Å². The highest BCUT2D eigenvalue weighted by atomic mass is 32.2. The summed E-state index contributed by atoms with van der Waals surface area (Å²) in [5, 5.41) is 12.4. The van der Waals surface area contributed by atoms with Crippen LogP contribution in [0.25, 0.3) is 0 Å². The molecule has 0 aliphatic heterocycles. The molecule has 2 aromatic rings. The minimum Gasteiger partial charge on any atom is -0.463 e. The van der Waals surface area contributed by atoms with Crippen molar-refractivity contribution in [1.82, 2.24) is 4.72 Å². The van der Waals surface area contributed by atoms with Crippen molar-refractivity contribution in [3.63, 3.8) is 0 Å². The minimum absolute atomic E-state index is 0.0445. The summed E-state index contributed by atoms with van der Waals surface area (Å²) in [7, 11) is -3.92. The molecule has 0 saturated heterocycles. The molecule has 30 heavy (non-hydrogen) atoms. The fourth-order valence-electron chi connectivity index (χ4n) is 2.62. The van der Waals surface area contributed by atoms with Crippen LogP contribution in [0.2, 0.25) is 0 Å². The van der Waals surface area contributed by atoms with E-state index in [0.717, 1.165) is 12.1 Å². The summed E-state index contributed by atoms with van der Waals surface area (Å²) < 4.78 is 72.6. The molecule has 0 aliphatic carbocycles. The molecule has 0 radical (unpaired) electrons. The summed E-state index contributed by atoms with van der Waals surface area (Å²) in [4.78, 5) is 12.1. The molecule has 3 N–H and O–H groups in total. The Morgan fingerprint density at radius 1 is 1.13 bits per heavy atom. The van der Waals surface area contributed by atoms with E-state index in [1.165, 1.54) is 31.2 Å². The molecule has 0 fully saturated rings. The lowest BCUT2D eigenvalue weighted by molar-refractivity contribution is -0.272. The molecule has 0 aliphatic rings. The lowest BCUT2D eigenvalue weighted by Gasteiger charge is -2.28. The van der Waals surface area contributed by atoms with Gasteiger partial charge in [0.1, 0.15) is 11.5 Å². The van der Waals surface area contributed by atoms with Gasteiger partial charge in [-0.15, -0.1) is 0 Å². The molecule has 1 aromatic heterocycles. The topological polar surface area (TPSA) is 109 Å². The molecule has 0 saturated carbocycles. The van der Waals surface area contributed by atoms with Crippen molar-refractivity contribution in [2.75, 3.05) is 5.32 Å². The number of nitrogens with one attached hydrogen (secondary N) is 2. The van der Waals surface area contributed by atoms with Gasteiger partial charge in [0.2, 0.25) is 21.5 Å². The van der Waals surface area contributed by atoms with E-state index >= 15 is 0 Å². The van der Waals surface area contributed by atoms with Crippen LogP contribution in [-0.4, -0.2) is 31.1 Å². The highest BCUT2D eigenvalue weighted by molar-refractivity contribution is 7.89. The second kappa shape index (κ2) is 8.05. The van der Waals surface area contributed by atoms with Crippen LogP contribution in [0.15, 0.2) is 45.7 Å². The van der Waals surface area contributed by atoms with Gasteiger partial charge in [0, 0.05) is 11.2 Å². The fraction of sp³-hybridized carbons (Fsp3) is 0.421. The van der Waals surface area contributed by atoms with Crippen molar-refractivity contribution in [1.29, 1.82) is 0 Å². The van der Waals surface area contributed by atoms with E-state index in [4.69, 9.17) is 4.42 Å². The van der Waals surface area contributed by atoms with Crippen molar-refractivity contribution in [3.05, 3.63) is 47.9 Å². The number of carbonyl (C=O) groups is 1. The third-order valence-corrected chi connectivity index (χ3v) is 5.66. The number of aliphatic hydroxyl groups is 1. The number of furan rings is 1. The van der Waals surface area contributed by atoms with Crippen LogP contribution in [0.1, 0.15) is 38.7 Å². The number of alkyl halides is 3. The van der Waals surface area contributed by atoms with Gasteiger partial charge in [-0.05, 0) is 58.0 Å². The number of halogens is 3. The number of sulfonamides is 1. The van der Waals surface area contributed by atoms with Crippen LogP contribution in [0.3, 0.4) is 0 Å². The molecular weight excluding hydrogens is 425 g/mol. The number of hydrogen-bond donors (Lipinski definition) is 3. The van der Waals surface area contributed by atoms with Gasteiger partial charge in [0.15, 0.2) is 0 Å². The van der Waals surface area contributed by atoms with Gasteiger partial charge in [-0.25, -0.2) is 13.1 Å². The average molecular weight is 448 g/mol. The first kappa shape index (κ1) is 23.9. The van der Waals surface area contributed by atoms with Crippen molar-refractivity contribution < 1.29 is 35.9 Å². The first-order valence-electron chi connectivity index (χ1n) is 8.83. The summed E-state index contributed by atoms with van der Waals surface area (Å²) >= 11 is 0. The Morgan fingerprint density at radius 3 is 2.27 bits per heavy atom. The first-order chi connectivity index (χ1) is 13.5. The largest absolute Gasteiger partial charge is 0.463 e. The van der Waals surface area contributed by atoms with Crippen LogP contribution >= 0.6 is 0 Å². The number of hydrogen-bond acceptors (Lipinski definition) is 5. The molecule has 2 rings (SSSR count). The van der Waals surface area contributed by atoms with Crippen molar-refractivity contribution in [3.8, 4) is 0 Å². The maximum absolute atomic E-state index is 13.5. The molecule has 0 spiro atoms. The van der Waals surface area contributed by atoms with E-state index in [9.17, 15) is 31.5 Å². The maximum Gasteiger partial charge on any atom is 0.425 e. The Hall–Kier alpha value is -2.37. The number of anilines is 1. The van der Waals surface area contributed by atoms with Crippen LogP contribution < -0.4 is 10.0 Å². The second-order valence-corrected chi connectivity index (χ2v) is 9.56. The van der Waals surface area contributed by atoms with E-state index in [1.807, 2.05) is 0 Å². The van der Waals surface area contributed by atoms with Gasteiger partial charge >= 0.3 is 6.18 Å². The van der Waals surface area contributed by atoms with Crippen molar-refractivity contribution >= 4 is 21.6 Å². The standard InChI is InChI=1S/C19H23F3N2O5S/c1-12-8-9-15(29-12)18(26,19(20,21)22)11-16(25)23-13-6-5-7-14(10-13)30(27,28)24-17(2,3)4/h5-10,24,26H,11H2,1-4H3,(H,23,25)/t18-/m0/s1. The van der Waals surface area contributed by atoms with Gasteiger partial charge in [0.25, 0.3) is 0 Å². The highest BCUT2D eigenvalue weighted by Gasteiger charge is 2.58. The summed E-state index contributed by atoms with van der Waals surface area (Å²) in [6.07, 6.45) is -6.56. The average Bonchev–Trinajstić information content (AvgIpc) is 2.98. The smallest absolute Gasteiger partial charge is 0.425 e. The Kier molecular flexibility index (Phi) is 6.41. The van der Waals surface area contributed by atoms with Gasteiger partial charge in [-0.1, -0.05) is 6.07 Å². The second-order valence-electron chi connectivity index (χ2n) is 7.88. The maximum atomic E-state index is 13.5. The predicted molar refractivity (Wildman–Crippen MR) is 103 cm³/mol. The highest BCUT2D eigenvalue weighted by Crippen LogP contribution is 2.42. The molecule has 1 atom stereocenters. The molecule has 1 aromatic carbocycles. The van der Waals surface area contributed by atoms with Crippen LogP contribution in [0.4, 0.5) is 18.9 Å². The van der Waals surface area contributed by atoms with Gasteiger partial charge in [0.05, 0.1) is 11.3 Å². The molecule has 166 valence electrons. The summed E-state index contributed by atoms with van der Waals surface area (Å²) in [6.45, 7) is 6.33. The normalized spacial score (nSPS) is 14.9. The van der Waals surface area contributed by atoms with Crippen LogP contribution in [0, 0.1) is 6.92 Å². The zero-order valence-electron chi connectivity index (χ0n) is 16.8. The minimum atomic E-state index is -5.18. The van der Waals surface area contributed by atoms with E-state index in [2.05, 4.69) is 10.0 Å². The fourth-order valence-corrected chi connectivity index (χ4v) is 4.09. The van der Waals surface area contributed by atoms with E-state index < -0.39 is 45.4 Å². The Balaban J connectivity index is 2.25. The van der Waals surface area contributed by atoms with Crippen molar-refractivity contribution in [2.45, 2.75) is 56.3 Å². The lowest BCUT2D eigenvalue weighted by atomic mass is 9.95. The van der Waals surface area contributed by atoms with Gasteiger partial charge < -0.3 is 14.8 Å². The molecule has 1 heterocycles.